The molecule has 2 N–H and O–H groups in total. The van der Waals surface area contributed by atoms with Gasteiger partial charge in [-0.25, -0.2) is 0 Å². The fraction of sp³-hybridized carbons (Fsp3) is 0.217. The molecule has 1 aliphatic heterocycles. The number of nitrogens with zero attached hydrogens (tertiary/aromatic N) is 1. The predicted molar refractivity (Wildman–Crippen MR) is 117 cm³/mol. The van der Waals surface area contributed by atoms with Crippen molar-refractivity contribution in [1.82, 2.24) is 4.90 Å². The van der Waals surface area contributed by atoms with E-state index in [4.69, 9.17) is 9.84 Å². The number of halogens is 1. The molecule has 0 radical (unpaired) electrons. The van der Waals surface area contributed by atoms with Crippen LogP contribution < -0.4 is 0 Å². The second-order valence-electron chi connectivity index (χ2n) is 6.66. The van der Waals surface area contributed by atoms with Crippen LogP contribution in [0.2, 0.25) is 0 Å². The van der Waals surface area contributed by atoms with Gasteiger partial charge in [0.05, 0.1) is 31.4 Å². The largest absolute Gasteiger partial charge is 0.503 e. The van der Waals surface area contributed by atoms with E-state index < -0.39 is 23.5 Å². The molecular formula is C23H22BrNO5. The number of carbonyl (C=O) groups excluding carboxylic acids is 2. The van der Waals surface area contributed by atoms with Gasteiger partial charge in [-0.05, 0) is 29.3 Å². The summed E-state index contributed by atoms with van der Waals surface area (Å²) >= 11 is 3.42. The third kappa shape index (κ3) is 5.05. The van der Waals surface area contributed by atoms with Gasteiger partial charge in [0.25, 0.3) is 5.91 Å². The maximum absolute atomic E-state index is 13.0. The first-order valence-electron chi connectivity index (χ1n) is 9.48. The first-order chi connectivity index (χ1) is 14.5. The maximum atomic E-state index is 13.0. The van der Waals surface area contributed by atoms with Gasteiger partial charge in [-0.3, -0.25) is 9.59 Å². The molecule has 1 aliphatic rings. The van der Waals surface area contributed by atoms with Crippen molar-refractivity contribution in [2.24, 2.45) is 0 Å². The zero-order valence-corrected chi connectivity index (χ0v) is 17.8. The van der Waals surface area contributed by atoms with Crippen molar-refractivity contribution in [2.45, 2.75) is 6.04 Å². The summed E-state index contributed by atoms with van der Waals surface area (Å²) in [6.45, 7) is 0.361. The van der Waals surface area contributed by atoms with Gasteiger partial charge >= 0.3 is 0 Å². The van der Waals surface area contributed by atoms with Crippen LogP contribution in [-0.4, -0.2) is 53.2 Å². The van der Waals surface area contributed by atoms with Gasteiger partial charge in [0.2, 0.25) is 0 Å². The Balaban J connectivity index is 1.92. The average Bonchev–Trinajstić information content (AvgIpc) is 3.01. The Bertz CT molecular complexity index is 971. The van der Waals surface area contributed by atoms with Crippen LogP contribution >= 0.6 is 15.9 Å². The summed E-state index contributed by atoms with van der Waals surface area (Å²) in [7, 11) is 0. The highest BCUT2D eigenvalue weighted by molar-refractivity contribution is 9.10. The minimum absolute atomic E-state index is 0.0347. The molecule has 0 saturated heterocycles. The number of ether oxygens (including phenoxy) is 1. The highest BCUT2D eigenvalue weighted by Gasteiger charge is 2.42. The number of hydrogen-bond donors (Lipinski definition) is 2. The molecule has 6 nitrogen and oxygen atoms in total. The summed E-state index contributed by atoms with van der Waals surface area (Å²) < 4.78 is 6.08. The summed E-state index contributed by atoms with van der Waals surface area (Å²) in [6.07, 6.45) is 3.02. The molecule has 1 unspecified atom stereocenters. The minimum Gasteiger partial charge on any atom is -0.503 e. The Hall–Kier alpha value is -2.74. The molecule has 0 bridgehead atoms. The van der Waals surface area contributed by atoms with Gasteiger partial charge < -0.3 is 19.8 Å². The highest BCUT2D eigenvalue weighted by atomic mass is 79.9. The lowest BCUT2D eigenvalue weighted by atomic mass is 9.95. The number of ketones is 1. The average molecular weight is 472 g/mol. The Morgan fingerprint density at radius 1 is 1.13 bits per heavy atom. The molecule has 7 heteroatoms. The Morgan fingerprint density at radius 3 is 2.60 bits per heavy atom. The smallest absolute Gasteiger partial charge is 0.290 e. The first kappa shape index (κ1) is 22.0. The van der Waals surface area contributed by atoms with E-state index in [2.05, 4.69) is 15.9 Å². The normalized spacial score (nSPS) is 16.7. The number of aliphatic hydroxyl groups is 2. The Labute approximate surface area is 183 Å². The second kappa shape index (κ2) is 10.3. The summed E-state index contributed by atoms with van der Waals surface area (Å²) in [5, 5.41) is 19.4. The lowest BCUT2D eigenvalue weighted by Crippen LogP contribution is -2.34. The lowest BCUT2D eigenvalue weighted by molar-refractivity contribution is -0.130. The van der Waals surface area contributed by atoms with Gasteiger partial charge in [-0.2, -0.15) is 0 Å². The number of benzene rings is 2. The van der Waals surface area contributed by atoms with Crippen molar-refractivity contribution in [2.75, 3.05) is 26.4 Å². The van der Waals surface area contributed by atoms with Crippen LogP contribution in [0.3, 0.4) is 0 Å². The molecule has 1 amide bonds. The molecule has 156 valence electrons. The zero-order chi connectivity index (χ0) is 21.5. The topological polar surface area (TPSA) is 87.1 Å². The Kier molecular flexibility index (Phi) is 7.57. The molecule has 3 rings (SSSR count). The second-order valence-corrected chi connectivity index (χ2v) is 7.58. The summed E-state index contributed by atoms with van der Waals surface area (Å²) in [5.74, 6) is -1.61. The standard InChI is InChI=1S/C23H22BrNO5/c24-18-8-4-7-17(15-18)21-20(19(27)10-9-16-5-2-1-3-6-16)22(28)23(29)25(21)11-13-30-14-12-26/h1-10,15,21,26,28H,11-14H2/b10-9+. The predicted octanol–water partition coefficient (Wildman–Crippen LogP) is 3.44. The van der Waals surface area contributed by atoms with Gasteiger partial charge in [-0.15, -0.1) is 0 Å². The van der Waals surface area contributed by atoms with E-state index in [0.717, 1.165) is 10.0 Å². The van der Waals surface area contributed by atoms with E-state index in [1.165, 1.54) is 11.0 Å². The number of rotatable bonds is 9. The number of hydrogen-bond acceptors (Lipinski definition) is 5. The molecule has 0 spiro atoms. The molecular weight excluding hydrogens is 450 g/mol. The minimum atomic E-state index is -0.736. The molecule has 0 aromatic heterocycles. The number of allylic oxidation sites excluding steroid dienone is 1. The number of amides is 1. The summed E-state index contributed by atoms with van der Waals surface area (Å²) in [6, 6.07) is 15.8. The molecule has 0 aliphatic carbocycles. The van der Waals surface area contributed by atoms with Crippen LogP contribution in [0.15, 0.2) is 76.5 Å². The molecule has 30 heavy (non-hydrogen) atoms. The van der Waals surface area contributed by atoms with Crippen LogP contribution in [0, 0.1) is 0 Å². The van der Waals surface area contributed by atoms with Crippen LogP contribution in [0.5, 0.6) is 0 Å². The maximum Gasteiger partial charge on any atom is 0.290 e. The van der Waals surface area contributed by atoms with E-state index in [-0.39, 0.29) is 31.9 Å². The van der Waals surface area contributed by atoms with Gasteiger partial charge in [-0.1, -0.05) is 64.5 Å². The third-order valence-electron chi connectivity index (χ3n) is 4.67. The van der Waals surface area contributed by atoms with E-state index in [9.17, 15) is 14.7 Å². The van der Waals surface area contributed by atoms with E-state index in [1.54, 1.807) is 12.1 Å². The van der Waals surface area contributed by atoms with Crippen molar-refractivity contribution in [3.63, 3.8) is 0 Å². The Morgan fingerprint density at radius 2 is 1.90 bits per heavy atom. The highest BCUT2D eigenvalue weighted by Crippen LogP contribution is 2.38. The molecule has 0 saturated carbocycles. The SMILES string of the molecule is O=C(/C=C/c1ccccc1)C1=C(O)C(=O)N(CCOCCO)C1c1cccc(Br)c1. The van der Waals surface area contributed by atoms with Crippen LogP contribution in [0.25, 0.3) is 6.08 Å². The molecule has 1 atom stereocenters. The van der Waals surface area contributed by atoms with E-state index in [1.807, 2.05) is 48.5 Å². The van der Waals surface area contributed by atoms with Crippen molar-refractivity contribution < 1.29 is 24.5 Å². The number of aliphatic hydroxyl groups excluding tert-OH is 2. The molecule has 1 heterocycles. The lowest BCUT2D eigenvalue weighted by Gasteiger charge is -2.26. The molecule has 0 fully saturated rings. The van der Waals surface area contributed by atoms with Gasteiger partial charge in [0.15, 0.2) is 11.5 Å². The van der Waals surface area contributed by atoms with E-state index >= 15 is 0 Å². The number of carbonyl (C=O) groups is 2. The van der Waals surface area contributed by atoms with Crippen LogP contribution in [0.1, 0.15) is 17.2 Å². The van der Waals surface area contributed by atoms with Crippen molar-refractivity contribution in [3.05, 3.63) is 87.6 Å². The van der Waals surface area contributed by atoms with Gasteiger partial charge in [0.1, 0.15) is 0 Å². The van der Waals surface area contributed by atoms with Crippen LogP contribution in [-0.2, 0) is 14.3 Å². The first-order valence-corrected chi connectivity index (χ1v) is 10.3. The van der Waals surface area contributed by atoms with Crippen molar-refractivity contribution in [3.8, 4) is 0 Å². The summed E-state index contributed by atoms with van der Waals surface area (Å²) in [5.41, 5.74) is 1.57. The van der Waals surface area contributed by atoms with Crippen molar-refractivity contribution >= 4 is 33.7 Å². The van der Waals surface area contributed by atoms with Crippen LogP contribution in [0.4, 0.5) is 0 Å². The fourth-order valence-electron chi connectivity index (χ4n) is 3.31. The van der Waals surface area contributed by atoms with Crippen molar-refractivity contribution in [1.29, 1.82) is 0 Å². The quantitative estimate of drug-likeness (QED) is 0.432. The fourth-order valence-corrected chi connectivity index (χ4v) is 3.73. The van der Waals surface area contributed by atoms with E-state index in [0.29, 0.717) is 5.56 Å². The van der Waals surface area contributed by atoms with Gasteiger partial charge in [0, 0.05) is 11.0 Å². The monoisotopic (exact) mass is 471 g/mol. The third-order valence-corrected chi connectivity index (χ3v) is 5.17. The molecule has 2 aromatic carbocycles. The summed E-state index contributed by atoms with van der Waals surface area (Å²) in [4.78, 5) is 27.2. The zero-order valence-electron chi connectivity index (χ0n) is 16.2. The molecule has 2 aromatic rings.